The molecule has 0 radical (unpaired) electrons. The molecule has 1 unspecified atom stereocenters. The maximum atomic E-state index is 14.6. The number of carbonyl (C=O) groups is 2. The van der Waals surface area contributed by atoms with E-state index in [1.807, 2.05) is 6.92 Å². The van der Waals surface area contributed by atoms with Gasteiger partial charge in [0.15, 0.2) is 0 Å². The molecule has 0 aromatic heterocycles. The number of benzene rings is 2. The molecule has 1 fully saturated rings. The van der Waals surface area contributed by atoms with Crippen LogP contribution in [-0.2, 0) is 9.59 Å². The predicted octanol–water partition coefficient (Wildman–Crippen LogP) is 4.32. The van der Waals surface area contributed by atoms with Crippen LogP contribution in [0.4, 0.5) is 4.39 Å². The number of carbonyl (C=O) groups excluding carboxylic acids is 2. The maximum absolute atomic E-state index is 14.6. The van der Waals surface area contributed by atoms with Crippen LogP contribution in [-0.4, -0.2) is 35.4 Å². The van der Waals surface area contributed by atoms with E-state index in [0.717, 1.165) is 0 Å². The fraction of sp³-hybridized carbons (Fsp3) is 0.238. The highest BCUT2D eigenvalue weighted by Gasteiger charge is 2.46. The van der Waals surface area contributed by atoms with Crippen molar-refractivity contribution in [3.63, 3.8) is 0 Å². The van der Waals surface area contributed by atoms with Crippen LogP contribution in [0.25, 0.3) is 5.76 Å². The van der Waals surface area contributed by atoms with Gasteiger partial charge in [-0.1, -0.05) is 36.7 Å². The van der Waals surface area contributed by atoms with Crippen LogP contribution in [0.15, 0.2) is 48.0 Å². The number of aliphatic hydroxyl groups excluding tert-OH is 1. The van der Waals surface area contributed by atoms with Crippen LogP contribution in [0.5, 0.6) is 5.75 Å². The molecule has 1 heterocycles. The van der Waals surface area contributed by atoms with Crippen molar-refractivity contribution < 1.29 is 23.8 Å². The third-order valence-electron chi connectivity index (χ3n) is 4.62. The van der Waals surface area contributed by atoms with Gasteiger partial charge in [-0.2, -0.15) is 0 Å². The van der Waals surface area contributed by atoms with E-state index in [2.05, 4.69) is 0 Å². The van der Waals surface area contributed by atoms with Crippen LogP contribution in [0.2, 0.25) is 5.02 Å². The van der Waals surface area contributed by atoms with Crippen molar-refractivity contribution in [1.29, 1.82) is 0 Å². The summed E-state index contributed by atoms with van der Waals surface area (Å²) in [6, 6.07) is 9.39. The van der Waals surface area contributed by atoms with Gasteiger partial charge in [-0.25, -0.2) is 4.39 Å². The second-order valence-electron chi connectivity index (χ2n) is 6.36. The highest BCUT2D eigenvalue weighted by molar-refractivity contribution is 6.46. The van der Waals surface area contributed by atoms with Crippen LogP contribution >= 0.6 is 11.6 Å². The Kier molecular flexibility index (Phi) is 5.70. The fourth-order valence-electron chi connectivity index (χ4n) is 3.38. The molecule has 1 saturated heterocycles. The molecule has 1 aliphatic heterocycles. The Balaban J connectivity index is 2.28. The van der Waals surface area contributed by atoms with Gasteiger partial charge in [0.25, 0.3) is 11.7 Å². The lowest BCUT2D eigenvalue weighted by atomic mass is 9.94. The normalized spacial score (nSPS) is 18.6. The Morgan fingerprint density at radius 1 is 1.25 bits per heavy atom. The van der Waals surface area contributed by atoms with Gasteiger partial charge in [0.1, 0.15) is 17.3 Å². The zero-order valence-electron chi connectivity index (χ0n) is 15.4. The molecule has 0 aliphatic carbocycles. The second-order valence-corrected chi connectivity index (χ2v) is 6.80. The number of likely N-dealkylation sites (tertiary alicyclic amines) is 1. The average molecular weight is 404 g/mol. The Morgan fingerprint density at radius 2 is 1.96 bits per heavy atom. The molecule has 0 bridgehead atoms. The first-order chi connectivity index (χ1) is 13.4. The molecule has 28 heavy (non-hydrogen) atoms. The first-order valence-electron chi connectivity index (χ1n) is 8.77. The van der Waals surface area contributed by atoms with E-state index in [-0.39, 0.29) is 29.0 Å². The summed E-state index contributed by atoms with van der Waals surface area (Å²) < 4.78 is 19.8. The van der Waals surface area contributed by atoms with Crippen molar-refractivity contribution >= 4 is 29.1 Å². The van der Waals surface area contributed by atoms with Gasteiger partial charge in [-0.05, 0) is 30.7 Å². The Labute approximate surface area is 167 Å². The molecule has 5 nitrogen and oxygen atoms in total. The Hall–Kier alpha value is -2.86. The summed E-state index contributed by atoms with van der Waals surface area (Å²) in [6.45, 7) is 2.09. The van der Waals surface area contributed by atoms with Crippen LogP contribution in [0.1, 0.15) is 30.5 Å². The van der Waals surface area contributed by atoms with E-state index < -0.39 is 29.3 Å². The van der Waals surface area contributed by atoms with E-state index in [4.69, 9.17) is 16.3 Å². The summed E-state index contributed by atoms with van der Waals surface area (Å²) in [5.41, 5.74) is 0.104. The molecule has 2 aromatic rings. The second kappa shape index (κ2) is 8.02. The molecule has 1 amide bonds. The monoisotopic (exact) mass is 403 g/mol. The summed E-state index contributed by atoms with van der Waals surface area (Å²) in [4.78, 5) is 26.7. The molecule has 7 heteroatoms. The van der Waals surface area contributed by atoms with E-state index in [9.17, 15) is 19.1 Å². The van der Waals surface area contributed by atoms with Crippen molar-refractivity contribution in [2.24, 2.45) is 0 Å². The number of rotatable bonds is 5. The highest BCUT2D eigenvalue weighted by Crippen LogP contribution is 2.42. The number of ketones is 1. The largest absolute Gasteiger partial charge is 0.507 e. The van der Waals surface area contributed by atoms with Gasteiger partial charge in [0.2, 0.25) is 0 Å². The minimum absolute atomic E-state index is 0.137. The highest BCUT2D eigenvalue weighted by atomic mass is 35.5. The first kappa shape index (κ1) is 19.9. The topological polar surface area (TPSA) is 66.8 Å². The number of Topliss-reactive ketones (excluding diaryl/α,β-unsaturated/α-hetero) is 1. The van der Waals surface area contributed by atoms with Gasteiger partial charge in [-0.15, -0.1) is 0 Å². The molecular weight excluding hydrogens is 385 g/mol. The SMILES string of the molecule is CCCN1C(=O)C(=O)/C(=C(/O)c2cc(Cl)ccc2OC)C1c1ccccc1F. The molecule has 3 rings (SSSR count). The minimum atomic E-state index is -1.04. The molecule has 1 atom stereocenters. The Bertz CT molecular complexity index is 973. The molecule has 2 aromatic carbocycles. The number of hydrogen-bond acceptors (Lipinski definition) is 4. The van der Waals surface area contributed by atoms with E-state index >= 15 is 0 Å². The molecule has 1 N–H and O–H groups in total. The van der Waals surface area contributed by atoms with Gasteiger partial charge < -0.3 is 14.7 Å². The van der Waals surface area contributed by atoms with E-state index in [1.165, 1.54) is 42.3 Å². The van der Waals surface area contributed by atoms with Crippen LogP contribution < -0.4 is 4.74 Å². The lowest BCUT2D eigenvalue weighted by molar-refractivity contribution is -0.139. The van der Waals surface area contributed by atoms with Crippen molar-refractivity contribution in [3.05, 3.63) is 70.0 Å². The molecule has 0 spiro atoms. The van der Waals surface area contributed by atoms with Gasteiger partial charge in [0.05, 0.1) is 24.3 Å². The number of aliphatic hydroxyl groups is 1. The van der Waals surface area contributed by atoms with Crippen LogP contribution in [0, 0.1) is 5.82 Å². The number of methoxy groups -OCH3 is 1. The quantitative estimate of drug-likeness (QED) is 0.458. The molecular formula is C21H19ClFNO4. The van der Waals surface area contributed by atoms with Gasteiger partial charge in [-0.3, -0.25) is 9.59 Å². The lowest BCUT2D eigenvalue weighted by Gasteiger charge is -2.25. The average Bonchev–Trinajstić information content (AvgIpc) is 2.93. The van der Waals surface area contributed by atoms with Gasteiger partial charge >= 0.3 is 0 Å². The van der Waals surface area contributed by atoms with Crippen molar-refractivity contribution in [3.8, 4) is 5.75 Å². The zero-order valence-corrected chi connectivity index (χ0v) is 16.2. The fourth-order valence-corrected chi connectivity index (χ4v) is 3.55. The number of amides is 1. The zero-order chi connectivity index (χ0) is 20.4. The summed E-state index contributed by atoms with van der Waals surface area (Å²) in [5.74, 6) is -2.40. The molecule has 1 aliphatic rings. The van der Waals surface area contributed by atoms with Crippen molar-refractivity contribution in [2.75, 3.05) is 13.7 Å². The van der Waals surface area contributed by atoms with Crippen LogP contribution in [0.3, 0.4) is 0 Å². The third kappa shape index (κ3) is 3.36. The first-order valence-corrected chi connectivity index (χ1v) is 9.15. The summed E-state index contributed by atoms with van der Waals surface area (Å²) >= 11 is 6.04. The molecule has 146 valence electrons. The number of halogens is 2. The smallest absolute Gasteiger partial charge is 0.295 e. The number of nitrogens with zero attached hydrogens (tertiary/aromatic N) is 1. The molecule has 0 saturated carbocycles. The van der Waals surface area contributed by atoms with Crippen molar-refractivity contribution in [2.45, 2.75) is 19.4 Å². The van der Waals surface area contributed by atoms with E-state index in [0.29, 0.717) is 11.4 Å². The summed E-state index contributed by atoms with van der Waals surface area (Å²) in [7, 11) is 1.41. The Morgan fingerprint density at radius 3 is 2.61 bits per heavy atom. The number of hydrogen-bond donors (Lipinski definition) is 1. The van der Waals surface area contributed by atoms with E-state index in [1.54, 1.807) is 12.1 Å². The van der Waals surface area contributed by atoms with Gasteiger partial charge in [0, 0.05) is 17.1 Å². The minimum Gasteiger partial charge on any atom is -0.507 e. The summed E-state index contributed by atoms with van der Waals surface area (Å²) in [5, 5.41) is 11.3. The van der Waals surface area contributed by atoms with Crippen molar-refractivity contribution in [1.82, 2.24) is 4.90 Å². The third-order valence-corrected chi connectivity index (χ3v) is 4.86. The summed E-state index contributed by atoms with van der Waals surface area (Å²) in [6.07, 6.45) is 0.568. The predicted molar refractivity (Wildman–Crippen MR) is 104 cm³/mol. The standard InChI is InChI=1S/C21H19ClFNO4/c1-3-10-24-18(13-6-4-5-7-15(13)23)17(20(26)21(24)27)19(25)14-11-12(22)8-9-16(14)28-2/h4-9,11,18,25H,3,10H2,1-2H3/b19-17+. The number of ether oxygens (including phenoxy) is 1. The maximum Gasteiger partial charge on any atom is 0.295 e. The lowest BCUT2D eigenvalue weighted by Crippen LogP contribution is -2.30.